The zero-order chi connectivity index (χ0) is 10.4. The molecular weight excluding hydrogens is 170 g/mol. The van der Waals surface area contributed by atoms with Gasteiger partial charge in [-0.1, -0.05) is 33.1 Å². The first-order chi connectivity index (χ1) is 6.76. The van der Waals surface area contributed by atoms with E-state index in [2.05, 4.69) is 13.8 Å². The highest BCUT2D eigenvalue weighted by Gasteiger charge is 2.32. The van der Waals surface area contributed by atoms with Gasteiger partial charge in [-0.15, -0.1) is 0 Å². The van der Waals surface area contributed by atoms with Gasteiger partial charge in [-0.25, -0.2) is 0 Å². The SMILES string of the molecule is CCCC1CCC(CN)(CCC)CC1. The average molecular weight is 197 g/mol. The van der Waals surface area contributed by atoms with Crippen LogP contribution in [-0.4, -0.2) is 6.54 Å². The molecule has 84 valence electrons. The van der Waals surface area contributed by atoms with Gasteiger partial charge in [-0.2, -0.15) is 0 Å². The monoisotopic (exact) mass is 197 g/mol. The lowest BCUT2D eigenvalue weighted by molar-refractivity contribution is 0.138. The number of nitrogens with two attached hydrogens (primary N) is 1. The number of rotatable bonds is 5. The minimum atomic E-state index is 0.527. The second-order valence-corrected chi connectivity index (χ2v) is 5.19. The highest BCUT2D eigenvalue weighted by molar-refractivity contribution is 4.86. The van der Waals surface area contributed by atoms with Crippen LogP contribution in [0.15, 0.2) is 0 Å². The summed E-state index contributed by atoms with van der Waals surface area (Å²) in [7, 11) is 0. The van der Waals surface area contributed by atoms with Crippen LogP contribution in [-0.2, 0) is 0 Å². The van der Waals surface area contributed by atoms with E-state index in [1.807, 2.05) is 0 Å². The van der Waals surface area contributed by atoms with E-state index in [9.17, 15) is 0 Å². The van der Waals surface area contributed by atoms with Crippen LogP contribution in [0.25, 0.3) is 0 Å². The van der Waals surface area contributed by atoms with Crippen LogP contribution >= 0.6 is 0 Å². The summed E-state index contributed by atoms with van der Waals surface area (Å²) >= 11 is 0. The molecule has 2 N–H and O–H groups in total. The van der Waals surface area contributed by atoms with E-state index >= 15 is 0 Å². The molecule has 1 rings (SSSR count). The molecule has 14 heavy (non-hydrogen) atoms. The minimum absolute atomic E-state index is 0.527. The van der Waals surface area contributed by atoms with Crippen molar-refractivity contribution in [2.75, 3.05) is 6.54 Å². The van der Waals surface area contributed by atoms with E-state index in [4.69, 9.17) is 5.73 Å². The third kappa shape index (κ3) is 2.98. The lowest BCUT2D eigenvalue weighted by Gasteiger charge is -2.39. The zero-order valence-corrected chi connectivity index (χ0v) is 10.0. The van der Waals surface area contributed by atoms with Crippen molar-refractivity contribution >= 4 is 0 Å². The molecule has 0 heterocycles. The molecule has 0 aromatic rings. The highest BCUT2D eigenvalue weighted by Crippen LogP contribution is 2.42. The van der Waals surface area contributed by atoms with Crippen molar-refractivity contribution in [1.82, 2.24) is 0 Å². The standard InChI is InChI=1S/C13H27N/c1-3-5-12-6-9-13(11-14,8-4-2)10-7-12/h12H,3-11,14H2,1-2H3. The normalized spacial score (nSPS) is 33.2. The summed E-state index contributed by atoms with van der Waals surface area (Å²) in [6, 6.07) is 0. The van der Waals surface area contributed by atoms with Crippen molar-refractivity contribution in [3.63, 3.8) is 0 Å². The quantitative estimate of drug-likeness (QED) is 0.714. The van der Waals surface area contributed by atoms with E-state index in [-0.39, 0.29) is 0 Å². The molecule has 0 amide bonds. The summed E-state index contributed by atoms with van der Waals surface area (Å²) < 4.78 is 0. The van der Waals surface area contributed by atoms with Gasteiger partial charge in [-0.3, -0.25) is 0 Å². The summed E-state index contributed by atoms with van der Waals surface area (Å²) in [4.78, 5) is 0. The summed E-state index contributed by atoms with van der Waals surface area (Å²) in [6.45, 7) is 5.51. The van der Waals surface area contributed by atoms with Gasteiger partial charge < -0.3 is 5.73 Å². The fraction of sp³-hybridized carbons (Fsp3) is 1.00. The lowest BCUT2D eigenvalue weighted by Crippen LogP contribution is -2.34. The van der Waals surface area contributed by atoms with Gasteiger partial charge in [0, 0.05) is 0 Å². The molecular formula is C13H27N. The van der Waals surface area contributed by atoms with Gasteiger partial charge in [0.25, 0.3) is 0 Å². The molecule has 1 aliphatic rings. The van der Waals surface area contributed by atoms with Crippen molar-refractivity contribution in [2.45, 2.75) is 65.2 Å². The van der Waals surface area contributed by atoms with Gasteiger partial charge in [0.2, 0.25) is 0 Å². The van der Waals surface area contributed by atoms with Crippen LogP contribution in [0.5, 0.6) is 0 Å². The first kappa shape index (κ1) is 12.0. The molecule has 0 spiro atoms. The molecule has 0 aliphatic heterocycles. The first-order valence-corrected chi connectivity index (χ1v) is 6.46. The largest absolute Gasteiger partial charge is 0.330 e. The number of hydrogen-bond donors (Lipinski definition) is 1. The minimum Gasteiger partial charge on any atom is -0.330 e. The van der Waals surface area contributed by atoms with Crippen molar-refractivity contribution in [3.05, 3.63) is 0 Å². The Kier molecular flexibility index (Phi) is 4.94. The van der Waals surface area contributed by atoms with Crippen LogP contribution in [0.2, 0.25) is 0 Å². The molecule has 1 aliphatic carbocycles. The molecule has 0 saturated heterocycles. The third-order valence-corrected chi connectivity index (χ3v) is 4.08. The van der Waals surface area contributed by atoms with Crippen molar-refractivity contribution < 1.29 is 0 Å². The summed E-state index contributed by atoms with van der Waals surface area (Å²) in [5.41, 5.74) is 6.47. The second kappa shape index (κ2) is 5.75. The van der Waals surface area contributed by atoms with Crippen molar-refractivity contribution in [2.24, 2.45) is 17.1 Å². The molecule has 0 aromatic heterocycles. The Bertz CT molecular complexity index is 145. The van der Waals surface area contributed by atoms with Crippen LogP contribution in [0.1, 0.15) is 65.2 Å². The van der Waals surface area contributed by atoms with Crippen molar-refractivity contribution in [3.8, 4) is 0 Å². The maximum atomic E-state index is 5.94. The predicted molar refractivity (Wildman–Crippen MR) is 63.3 cm³/mol. The molecule has 0 aromatic carbocycles. The predicted octanol–water partition coefficient (Wildman–Crippen LogP) is 3.72. The van der Waals surface area contributed by atoms with Crippen LogP contribution < -0.4 is 5.73 Å². The van der Waals surface area contributed by atoms with E-state index < -0.39 is 0 Å². The van der Waals surface area contributed by atoms with Gasteiger partial charge in [-0.05, 0) is 50.0 Å². The van der Waals surface area contributed by atoms with Gasteiger partial charge >= 0.3 is 0 Å². The van der Waals surface area contributed by atoms with Crippen LogP contribution in [0, 0.1) is 11.3 Å². The fourth-order valence-electron chi connectivity index (χ4n) is 3.07. The zero-order valence-electron chi connectivity index (χ0n) is 10.0. The van der Waals surface area contributed by atoms with Gasteiger partial charge in [0.15, 0.2) is 0 Å². The summed E-state index contributed by atoms with van der Waals surface area (Å²) in [5.74, 6) is 1.01. The Balaban J connectivity index is 2.38. The lowest BCUT2D eigenvalue weighted by atomic mass is 9.67. The van der Waals surface area contributed by atoms with Crippen LogP contribution in [0.3, 0.4) is 0 Å². The molecule has 0 bridgehead atoms. The van der Waals surface area contributed by atoms with Crippen LogP contribution in [0.4, 0.5) is 0 Å². The highest BCUT2D eigenvalue weighted by atomic mass is 14.6. The molecule has 1 saturated carbocycles. The molecule has 1 fully saturated rings. The van der Waals surface area contributed by atoms with E-state index in [0.717, 1.165) is 12.5 Å². The first-order valence-electron chi connectivity index (χ1n) is 6.46. The molecule has 0 unspecified atom stereocenters. The molecule has 1 nitrogen and oxygen atoms in total. The fourth-order valence-corrected chi connectivity index (χ4v) is 3.07. The average Bonchev–Trinajstić information content (AvgIpc) is 2.22. The van der Waals surface area contributed by atoms with Gasteiger partial charge in [0.1, 0.15) is 0 Å². The Labute approximate surface area is 89.5 Å². The summed E-state index contributed by atoms with van der Waals surface area (Å²) in [5, 5.41) is 0. The van der Waals surface area contributed by atoms with E-state index in [0.29, 0.717) is 5.41 Å². The van der Waals surface area contributed by atoms with E-state index in [1.165, 1.54) is 51.4 Å². The number of hydrogen-bond acceptors (Lipinski definition) is 1. The second-order valence-electron chi connectivity index (χ2n) is 5.19. The van der Waals surface area contributed by atoms with E-state index in [1.54, 1.807) is 0 Å². The topological polar surface area (TPSA) is 26.0 Å². The molecule has 0 atom stereocenters. The van der Waals surface area contributed by atoms with Crippen molar-refractivity contribution in [1.29, 1.82) is 0 Å². The Morgan fingerprint density at radius 2 is 1.79 bits per heavy atom. The Morgan fingerprint density at radius 3 is 2.21 bits per heavy atom. The summed E-state index contributed by atoms with van der Waals surface area (Å²) in [6.07, 6.45) is 11.1. The Morgan fingerprint density at radius 1 is 1.14 bits per heavy atom. The maximum absolute atomic E-state index is 5.94. The van der Waals surface area contributed by atoms with Gasteiger partial charge in [0.05, 0.1) is 0 Å². The third-order valence-electron chi connectivity index (χ3n) is 4.08. The molecule has 0 radical (unpaired) electrons. The smallest absolute Gasteiger partial charge is 0.00205 e. The Hall–Kier alpha value is -0.0400. The molecule has 1 heteroatoms. The maximum Gasteiger partial charge on any atom is -0.00205 e.